The molecule has 4 nitrogen and oxygen atoms in total. The minimum Gasteiger partial charge on any atom is -0.355 e. The Bertz CT molecular complexity index is 253. The Hall–Kier alpha value is -0.320. The van der Waals surface area contributed by atoms with Gasteiger partial charge < -0.3 is 15.5 Å². The number of hydrogen-bond donors (Lipinski definition) is 2. The highest BCUT2D eigenvalue weighted by Crippen LogP contribution is 2.10. The molecule has 0 saturated carbocycles. The SMILES string of the molecule is CC(CNC(=O)C1CNC1)CN1CCCCC1.Cl. The van der Waals surface area contributed by atoms with Crippen molar-refractivity contribution in [1.82, 2.24) is 15.5 Å². The molecule has 1 atom stereocenters. The van der Waals surface area contributed by atoms with Crippen LogP contribution in [0.3, 0.4) is 0 Å². The van der Waals surface area contributed by atoms with Gasteiger partial charge >= 0.3 is 0 Å². The summed E-state index contributed by atoms with van der Waals surface area (Å²) >= 11 is 0. The number of piperidine rings is 1. The maximum absolute atomic E-state index is 11.7. The number of carbonyl (C=O) groups is 1. The van der Waals surface area contributed by atoms with Gasteiger partial charge in [0.1, 0.15) is 0 Å². The van der Waals surface area contributed by atoms with Crippen LogP contribution in [-0.4, -0.2) is 50.1 Å². The Morgan fingerprint density at radius 3 is 2.56 bits per heavy atom. The number of likely N-dealkylation sites (tertiary alicyclic amines) is 1. The Morgan fingerprint density at radius 1 is 1.33 bits per heavy atom. The van der Waals surface area contributed by atoms with Crippen LogP contribution in [0.1, 0.15) is 26.2 Å². The van der Waals surface area contributed by atoms with E-state index in [2.05, 4.69) is 22.5 Å². The van der Waals surface area contributed by atoms with Crippen molar-refractivity contribution in [3.63, 3.8) is 0 Å². The molecule has 0 radical (unpaired) electrons. The number of nitrogens with zero attached hydrogens (tertiary/aromatic N) is 1. The zero-order valence-corrected chi connectivity index (χ0v) is 12.1. The van der Waals surface area contributed by atoms with Crippen molar-refractivity contribution in [3.8, 4) is 0 Å². The Kier molecular flexibility index (Phi) is 6.97. The van der Waals surface area contributed by atoms with E-state index in [-0.39, 0.29) is 24.2 Å². The van der Waals surface area contributed by atoms with Gasteiger partial charge in [0.15, 0.2) is 0 Å². The maximum atomic E-state index is 11.7. The van der Waals surface area contributed by atoms with E-state index in [0.29, 0.717) is 5.92 Å². The summed E-state index contributed by atoms with van der Waals surface area (Å²) in [6.45, 7) is 8.37. The smallest absolute Gasteiger partial charge is 0.225 e. The molecule has 0 aromatic heterocycles. The Morgan fingerprint density at radius 2 is 2.00 bits per heavy atom. The number of hydrogen-bond acceptors (Lipinski definition) is 3. The molecule has 1 amide bonds. The highest BCUT2D eigenvalue weighted by atomic mass is 35.5. The topological polar surface area (TPSA) is 44.4 Å². The molecule has 18 heavy (non-hydrogen) atoms. The quantitative estimate of drug-likeness (QED) is 0.783. The van der Waals surface area contributed by atoms with Crippen molar-refractivity contribution >= 4 is 18.3 Å². The molecular weight excluding hydrogens is 250 g/mol. The van der Waals surface area contributed by atoms with E-state index in [1.165, 1.54) is 32.4 Å². The summed E-state index contributed by atoms with van der Waals surface area (Å²) in [6.07, 6.45) is 4.07. The fraction of sp³-hybridized carbons (Fsp3) is 0.923. The van der Waals surface area contributed by atoms with Crippen LogP contribution in [0.15, 0.2) is 0 Å². The molecule has 2 aliphatic rings. The van der Waals surface area contributed by atoms with Crippen molar-refractivity contribution in [1.29, 1.82) is 0 Å². The van der Waals surface area contributed by atoms with E-state index in [9.17, 15) is 4.79 Å². The van der Waals surface area contributed by atoms with Gasteiger partial charge in [-0.3, -0.25) is 4.79 Å². The molecule has 2 heterocycles. The predicted octanol–water partition coefficient (Wildman–Crippen LogP) is 0.866. The Labute approximate surface area is 116 Å². The van der Waals surface area contributed by atoms with Crippen molar-refractivity contribution in [2.24, 2.45) is 11.8 Å². The summed E-state index contributed by atoms with van der Waals surface area (Å²) in [5.74, 6) is 1.01. The van der Waals surface area contributed by atoms with Crippen LogP contribution in [0.5, 0.6) is 0 Å². The summed E-state index contributed by atoms with van der Waals surface area (Å²) in [6, 6.07) is 0. The van der Waals surface area contributed by atoms with Gasteiger partial charge in [-0.25, -0.2) is 0 Å². The second-order valence-corrected chi connectivity index (χ2v) is 5.57. The molecule has 2 aliphatic heterocycles. The highest BCUT2D eigenvalue weighted by molar-refractivity contribution is 5.85. The van der Waals surface area contributed by atoms with Gasteiger partial charge in [0, 0.05) is 26.2 Å². The maximum Gasteiger partial charge on any atom is 0.225 e. The average Bonchev–Trinajstić information content (AvgIpc) is 2.25. The number of rotatable bonds is 5. The molecule has 0 spiro atoms. The molecule has 2 N–H and O–H groups in total. The van der Waals surface area contributed by atoms with Gasteiger partial charge in [0.2, 0.25) is 5.91 Å². The second kappa shape index (κ2) is 7.97. The predicted molar refractivity (Wildman–Crippen MR) is 76.1 cm³/mol. The summed E-state index contributed by atoms with van der Waals surface area (Å²) in [5.41, 5.74) is 0. The fourth-order valence-corrected chi connectivity index (χ4v) is 2.54. The largest absolute Gasteiger partial charge is 0.355 e. The van der Waals surface area contributed by atoms with Gasteiger partial charge in [0.25, 0.3) is 0 Å². The zero-order chi connectivity index (χ0) is 12.1. The first-order chi connectivity index (χ1) is 8.25. The van der Waals surface area contributed by atoms with Gasteiger partial charge in [-0.1, -0.05) is 13.3 Å². The van der Waals surface area contributed by atoms with Gasteiger partial charge in [0.05, 0.1) is 5.92 Å². The molecule has 1 unspecified atom stereocenters. The molecule has 2 rings (SSSR count). The van der Waals surface area contributed by atoms with E-state index >= 15 is 0 Å². The first-order valence-electron chi connectivity index (χ1n) is 6.96. The second-order valence-electron chi connectivity index (χ2n) is 5.57. The van der Waals surface area contributed by atoms with Crippen molar-refractivity contribution < 1.29 is 4.79 Å². The molecule has 2 fully saturated rings. The van der Waals surface area contributed by atoms with Crippen molar-refractivity contribution in [3.05, 3.63) is 0 Å². The lowest BCUT2D eigenvalue weighted by molar-refractivity contribution is -0.126. The first kappa shape index (κ1) is 15.7. The van der Waals surface area contributed by atoms with Crippen LogP contribution in [0.2, 0.25) is 0 Å². The number of nitrogens with one attached hydrogen (secondary N) is 2. The van der Waals surface area contributed by atoms with Crippen molar-refractivity contribution in [2.75, 3.05) is 39.3 Å². The first-order valence-corrected chi connectivity index (χ1v) is 6.96. The molecule has 0 bridgehead atoms. The summed E-state index contributed by atoms with van der Waals surface area (Å²) in [5, 5.41) is 6.19. The monoisotopic (exact) mass is 275 g/mol. The lowest BCUT2D eigenvalue weighted by Crippen LogP contribution is -2.51. The van der Waals surface area contributed by atoms with E-state index in [1.54, 1.807) is 0 Å². The van der Waals surface area contributed by atoms with Crippen LogP contribution >= 0.6 is 12.4 Å². The lowest BCUT2D eigenvalue weighted by Gasteiger charge is -2.30. The summed E-state index contributed by atoms with van der Waals surface area (Å²) in [4.78, 5) is 14.2. The Balaban J connectivity index is 0.00000162. The van der Waals surface area contributed by atoms with Crippen LogP contribution < -0.4 is 10.6 Å². The minimum atomic E-state index is 0. The molecule has 2 saturated heterocycles. The van der Waals surface area contributed by atoms with E-state index in [0.717, 1.165) is 26.2 Å². The molecule has 106 valence electrons. The van der Waals surface area contributed by atoms with Gasteiger partial charge in [-0.15, -0.1) is 12.4 Å². The third-order valence-corrected chi connectivity index (χ3v) is 3.80. The van der Waals surface area contributed by atoms with Crippen LogP contribution in [0, 0.1) is 11.8 Å². The highest BCUT2D eigenvalue weighted by Gasteiger charge is 2.24. The van der Waals surface area contributed by atoms with Gasteiger partial charge in [-0.2, -0.15) is 0 Å². The molecule has 0 aliphatic carbocycles. The summed E-state index contributed by atoms with van der Waals surface area (Å²) in [7, 11) is 0. The van der Waals surface area contributed by atoms with Crippen LogP contribution in [0.25, 0.3) is 0 Å². The van der Waals surface area contributed by atoms with Crippen LogP contribution in [-0.2, 0) is 4.79 Å². The normalized spacial score (nSPS) is 22.7. The van der Waals surface area contributed by atoms with Gasteiger partial charge in [-0.05, 0) is 31.8 Å². The van der Waals surface area contributed by atoms with Crippen LogP contribution in [0.4, 0.5) is 0 Å². The summed E-state index contributed by atoms with van der Waals surface area (Å²) < 4.78 is 0. The molecule has 5 heteroatoms. The average molecular weight is 276 g/mol. The molecular formula is C13H26ClN3O. The third-order valence-electron chi connectivity index (χ3n) is 3.80. The minimum absolute atomic E-state index is 0. The number of halogens is 1. The van der Waals surface area contributed by atoms with E-state index in [1.807, 2.05) is 0 Å². The van der Waals surface area contributed by atoms with E-state index in [4.69, 9.17) is 0 Å². The fourth-order valence-electron chi connectivity index (χ4n) is 2.54. The standard InChI is InChI=1S/C13H25N3O.ClH/c1-11(10-16-5-3-2-4-6-16)7-15-13(17)12-8-14-9-12;/h11-12,14H,2-10H2,1H3,(H,15,17);1H. The zero-order valence-electron chi connectivity index (χ0n) is 11.3. The number of carbonyl (C=O) groups excluding carboxylic acids is 1. The van der Waals surface area contributed by atoms with E-state index < -0.39 is 0 Å². The number of amides is 1. The molecule has 0 aromatic carbocycles. The molecule has 0 aromatic rings. The lowest BCUT2D eigenvalue weighted by atomic mass is 10.0. The third kappa shape index (κ3) is 4.75. The van der Waals surface area contributed by atoms with Crippen molar-refractivity contribution in [2.45, 2.75) is 26.2 Å².